The molecule has 0 saturated carbocycles. The second-order valence-corrected chi connectivity index (χ2v) is 5.04. The summed E-state index contributed by atoms with van der Waals surface area (Å²) in [4.78, 5) is 2.19. The molecule has 0 unspecified atom stereocenters. The third-order valence-corrected chi connectivity index (χ3v) is 3.29. The predicted octanol–water partition coefficient (Wildman–Crippen LogP) is 0.589. The molecule has 2 N–H and O–H groups in total. The zero-order valence-electron chi connectivity index (χ0n) is 10.3. The average Bonchev–Trinajstić information content (AvgIpc) is 2.56. The Kier molecular flexibility index (Phi) is 5.79. The normalized spacial score (nSPS) is 11.3. The fourth-order valence-electron chi connectivity index (χ4n) is 1.40. The summed E-state index contributed by atoms with van der Waals surface area (Å²) in [7, 11) is 4.18. The SMILES string of the molecule is Cc1nnc(SCCCN(C)C)n1CCN. The second-order valence-electron chi connectivity index (χ2n) is 3.98. The van der Waals surface area contributed by atoms with Gasteiger partial charge in [-0.1, -0.05) is 11.8 Å². The maximum absolute atomic E-state index is 5.56. The third-order valence-electron chi connectivity index (χ3n) is 2.24. The minimum absolute atomic E-state index is 0.629. The van der Waals surface area contributed by atoms with E-state index in [9.17, 15) is 0 Å². The van der Waals surface area contributed by atoms with E-state index in [0.29, 0.717) is 6.54 Å². The summed E-state index contributed by atoms with van der Waals surface area (Å²) >= 11 is 1.76. The van der Waals surface area contributed by atoms with Crippen LogP contribution < -0.4 is 5.73 Å². The monoisotopic (exact) mass is 243 g/mol. The van der Waals surface area contributed by atoms with Gasteiger partial charge in [-0.3, -0.25) is 0 Å². The minimum Gasteiger partial charge on any atom is -0.329 e. The Hall–Kier alpha value is -0.590. The zero-order chi connectivity index (χ0) is 12.0. The molecule has 0 bridgehead atoms. The fourth-order valence-corrected chi connectivity index (χ4v) is 2.33. The van der Waals surface area contributed by atoms with Gasteiger partial charge in [-0.05, 0) is 34.0 Å². The standard InChI is InChI=1S/C10H21N5S/c1-9-12-13-10(15(9)7-5-11)16-8-4-6-14(2)3/h4-8,11H2,1-3H3. The van der Waals surface area contributed by atoms with Crippen molar-refractivity contribution in [2.45, 2.75) is 25.0 Å². The van der Waals surface area contributed by atoms with Crippen molar-refractivity contribution in [3.8, 4) is 0 Å². The van der Waals surface area contributed by atoms with Crippen LogP contribution in [0.1, 0.15) is 12.2 Å². The molecule has 6 heteroatoms. The average molecular weight is 243 g/mol. The van der Waals surface area contributed by atoms with E-state index in [1.54, 1.807) is 11.8 Å². The Bertz CT molecular complexity index is 310. The number of aryl methyl sites for hydroxylation is 1. The highest BCUT2D eigenvalue weighted by Crippen LogP contribution is 2.17. The first-order valence-corrected chi connectivity index (χ1v) is 6.51. The maximum Gasteiger partial charge on any atom is 0.191 e. The van der Waals surface area contributed by atoms with Crippen LogP contribution in [-0.4, -0.2) is 52.6 Å². The summed E-state index contributed by atoms with van der Waals surface area (Å²) in [6.07, 6.45) is 1.16. The molecule has 0 amide bonds. The van der Waals surface area contributed by atoms with Gasteiger partial charge in [0.1, 0.15) is 5.82 Å². The number of hydrogen-bond donors (Lipinski definition) is 1. The number of hydrogen-bond acceptors (Lipinski definition) is 5. The molecule has 1 heterocycles. The number of thioether (sulfide) groups is 1. The number of nitrogens with zero attached hydrogens (tertiary/aromatic N) is 4. The van der Waals surface area contributed by atoms with Gasteiger partial charge in [0, 0.05) is 18.8 Å². The number of aromatic nitrogens is 3. The largest absolute Gasteiger partial charge is 0.329 e. The Morgan fingerprint density at radius 2 is 2.12 bits per heavy atom. The molecule has 0 aliphatic carbocycles. The lowest BCUT2D eigenvalue weighted by Crippen LogP contribution is -2.14. The molecule has 0 aliphatic rings. The lowest BCUT2D eigenvalue weighted by molar-refractivity contribution is 0.410. The van der Waals surface area contributed by atoms with Gasteiger partial charge in [-0.15, -0.1) is 10.2 Å². The van der Waals surface area contributed by atoms with Gasteiger partial charge in [0.05, 0.1) is 0 Å². The molecule has 0 spiro atoms. The molecule has 1 aromatic heterocycles. The van der Waals surface area contributed by atoms with Gasteiger partial charge in [-0.2, -0.15) is 0 Å². The Labute approximate surface area is 101 Å². The van der Waals surface area contributed by atoms with E-state index < -0.39 is 0 Å². The van der Waals surface area contributed by atoms with E-state index in [4.69, 9.17) is 5.73 Å². The topological polar surface area (TPSA) is 60.0 Å². The van der Waals surface area contributed by atoms with Crippen LogP contribution in [0.4, 0.5) is 0 Å². The van der Waals surface area contributed by atoms with Gasteiger partial charge in [0.15, 0.2) is 5.16 Å². The molecule has 5 nitrogen and oxygen atoms in total. The Morgan fingerprint density at radius 3 is 2.75 bits per heavy atom. The van der Waals surface area contributed by atoms with Crippen LogP contribution in [0.25, 0.3) is 0 Å². The second kappa shape index (κ2) is 6.88. The molecule has 0 saturated heterocycles. The van der Waals surface area contributed by atoms with Crippen molar-refractivity contribution in [1.29, 1.82) is 0 Å². The zero-order valence-corrected chi connectivity index (χ0v) is 11.1. The molecule has 0 fully saturated rings. The number of nitrogens with two attached hydrogens (primary N) is 1. The summed E-state index contributed by atoms with van der Waals surface area (Å²) in [6.45, 7) is 4.50. The minimum atomic E-state index is 0.629. The molecular formula is C10H21N5S. The molecule has 1 rings (SSSR count). The highest BCUT2D eigenvalue weighted by Gasteiger charge is 2.07. The summed E-state index contributed by atoms with van der Waals surface area (Å²) in [5.74, 6) is 2.02. The van der Waals surface area contributed by atoms with E-state index in [2.05, 4.69) is 33.8 Å². The van der Waals surface area contributed by atoms with Gasteiger partial charge in [-0.25, -0.2) is 0 Å². The van der Waals surface area contributed by atoms with Crippen LogP contribution >= 0.6 is 11.8 Å². The van der Waals surface area contributed by atoms with Gasteiger partial charge < -0.3 is 15.2 Å². The van der Waals surface area contributed by atoms with Crippen molar-refractivity contribution in [2.24, 2.45) is 5.73 Å². The molecule has 92 valence electrons. The first-order valence-electron chi connectivity index (χ1n) is 5.52. The van der Waals surface area contributed by atoms with Gasteiger partial charge in [0.25, 0.3) is 0 Å². The molecule has 0 atom stereocenters. The summed E-state index contributed by atoms with van der Waals surface area (Å²) in [5, 5.41) is 9.22. The highest BCUT2D eigenvalue weighted by molar-refractivity contribution is 7.99. The van der Waals surface area contributed by atoms with E-state index in [1.165, 1.54) is 0 Å². The first-order chi connectivity index (χ1) is 7.65. The smallest absolute Gasteiger partial charge is 0.191 e. The number of rotatable bonds is 7. The fraction of sp³-hybridized carbons (Fsp3) is 0.800. The molecule has 0 aromatic carbocycles. The van der Waals surface area contributed by atoms with Crippen molar-refractivity contribution < 1.29 is 0 Å². The van der Waals surface area contributed by atoms with Crippen molar-refractivity contribution in [3.63, 3.8) is 0 Å². The summed E-state index contributed by atoms with van der Waals surface area (Å²) in [5.41, 5.74) is 5.56. The highest BCUT2D eigenvalue weighted by atomic mass is 32.2. The lowest BCUT2D eigenvalue weighted by atomic mass is 10.5. The molecule has 0 radical (unpaired) electrons. The van der Waals surface area contributed by atoms with Crippen molar-refractivity contribution >= 4 is 11.8 Å². The maximum atomic E-state index is 5.56. The van der Waals surface area contributed by atoms with Crippen LogP contribution in [0, 0.1) is 6.92 Å². The van der Waals surface area contributed by atoms with Gasteiger partial charge >= 0.3 is 0 Å². The Balaban J connectivity index is 2.41. The quantitative estimate of drug-likeness (QED) is 0.561. The summed E-state index contributed by atoms with van der Waals surface area (Å²) < 4.78 is 2.08. The molecular weight excluding hydrogens is 222 g/mol. The molecule has 16 heavy (non-hydrogen) atoms. The Morgan fingerprint density at radius 1 is 1.38 bits per heavy atom. The van der Waals surface area contributed by atoms with E-state index >= 15 is 0 Å². The van der Waals surface area contributed by atoms with E-state index in [0.717, 1.165) is 36.2 Å². The van der Waals surface area contributed by atoms with Crippen LogP contribution in [0.5, 0.6) is 0 Å². The van der Waals surface area contributed by atoms with Crippen molar-refractivity contribution in [1.82, 2.24) is 19.7 Å². The van der Waals surface area contributed by atoms with Gasteiger partial charge in [0.2, 0.25) is 0 Å². The van der Waals surface area contributed by atoms with Crippen LogP contribution in [-0.2, 0) is 6.54 Å². The van der Waals surface area contributed by atoms with Crippen LogP contribution in [0.3, 0.4) is 0 Å². The molecule has 1 aromatic rings. The first kappa shape index (κ1) is 13.5. The summed E-state index contributed by atoms with van der Waals surface area (Å²) in [6, 6.07) is 0. The van der Waals surface area contributed by atoms with Crippen molar-refractivity contribution in [2.75, 3.05) is 32.9 Å². The lowest BCUT2D eigenvalue weighted by Gasteiger charge is -2.09. The predicted molar refractivity (Wildman–Crippen MR) is 67.7 cm³/mol. The van der Waals surface area contributed by atoms with Crippen LogP contribution in [0.15, 0.2) is 5.16 Å². The molecule has 0 aliphatic heterocycles. The van der Waals surface area contributed by atoms with Crippen molar-refractivity contribution in [3.05, 3.63) is 5.82 Å². The van der Waals surface area contributed by atoms with E-state index in [1.807, 2.05) is 6.92 Å². The third kappa shape index (κ3) is 4.11. The van der Waals surface area contributed by atoms with Crippen LogP contribution in [0.2, 0.25) is 0 Å². The van der Waals surface area contributed by atoms with E-state index in [-0.39, 0.29) is 0 Å².